The monoisotopic (exact) mass is 2060 g/mol. The molecule has 140 heavy (non-hydrogen) atoms. The van der Waals surface area contributed by atoms with E-state index in [4.69, 9.17) is 28.2 Å². The Morgan fingerprint density at radius 2 is 0.629 bits per heavy atom. The average Bonchev–Trinajstić information content (AvgIpc) is 1.66. The van der Waals surface area contributed by atoms with Crippen LogP contribution in [-0.2, 0) is 33.2 Å². The molecule has 0 bridgehead atoms. The number of fused-ring (bicyclic) bond motifs is 6. The first-order valence-corrected chi connectivity index (χ1v) is 53.3. The van der Waals surface area contributed by atoms with Crippen LogP contribution in [0.3, 0.4) is 0 Å². The number of rotatable bonds is 25. The van der Waals surface area contributed by atoms with Gasteiger partial charge in [0.15, 0.2) is 0 Å². The number of alkyl halides is 1. The van der Waals surface area contributed by atoms with Crippen LogP contribution in [0, 0.1) is 51.2 Å². The molecular weight excluding hydrogens is 1920 g/mol. The number of anilines is 6. The van der Waals surface area contributed by atoms with Gasteiger partial charge in [-0.15, -0.1) is 0 Å². The Balaban J connectivity index is 0.000000134. The van der Waals surface area contributed by atoms with Gasteiger partial charge in [-0.05, 0) is 283 Å². The highest BCUT2D eigenvalue weighted by molar-refractivity contribution is 14.1. The number of halogens is 3. The van der Waals surface area contributed by atoms with Crippen molar-refractivity contribution in [1.29, 1.82) is 0 Å². The summed E-state index contributed by atoms with van der Waals surface area (Å²) < 4.78 is 14.0. The van der Waals surface area contributed by atoms with Gasteiger partial charge in [0.25, 0.3) is 0 Å². The fraction of sp³-hybridized carbons (Fsp3) is 0.564. The van der Waals surface area contributed by atoms with Crippen LogP contribution in [0.2, 0.25) is 10.0 Å². The smallest absolute Gasteiger partial charge is 0.230 e. The Hall–Kier alpha value is -9.85. The van der Waals surface area contributed by atoms with Gasteiger partial charge in [0, 0.05) is 87.7 Å². The van der Waals surface area contributed by atoms with Gasteiger partial charge in [-0.3, -0.25) is 60.7 Å². The van der Waals surface area contributed by atoms with Gasteiger partial charge >= 0.3 is 0 Å². The lowest BCUT2D eigenvalue weighted by Crippen LogP contribution is -2.27. The number of imidazole rings is 6. The number of amides is 6. The third kappa shape index (κ3) is 25.7. The molecule has 6 aromatic heterocycles. The molecule has 7 saturated carbocycles. The van der Waals surface area contributed by atoms with Gasteiger partial charge in [0.1, 0.15) is 0 Å². The average molecular weight is 2070 g/mol. The third-order valence-corrected chi connectivity index (χ3v) is 30.3. The lowest BCUT2D eigenvalue weighted by atomic mass is 9.92. The molecule has 12 aromatic rings. The van der Waals surface area contributed by atoms with E-state index >= 15 is 0 Å². The highest BCUT2D eigenvalue weighted by Crippen LogP contribution is 2.53. The number of hydrogen-bond acceptors (Lipinski definition) is 15. The molecular formula is C110H149Cl2IN18O9. The number of hydrogen-bond donors (Lipinski definition) is 9. The molecule has 0 aliphatic heterocycles. The van der Waals surface area contributed by atoms with Crippen molar-refractivity contribution < 1.29 is 44.1 Å². The summed E-state index contributed by atoms with van der Waals surface area (Å²) in [5.74, 6) is 4.71. The lowest BCUT2D eigenvalue weighted by Gasteiger charge is -2.29. The van der Waals surface area contributed by atoms with E-state index in [1.807, 2.05) is 126 Å². The van der Waals surface area contributed by atoms with E-state index in [9.17, 15) is 44.1 Å². The van der Waals surface area contributed by atoms with Crippen molar-refractivity contribution in [3.63, 3.8) is 0 Å². The van der Waals surface area contributed by atoms with E-state index in [2.05, 4.69) is 215 Å². The maximum absolute atomic E-state index is 12.5. The van der Waals surface area contributed by atoms with Crippen molar-refractivity contribution in [2.75, 3.05) is 31.9 Å². The van der Waals surface area contributed by atoms with Crippen LogP contribution in [-0.4, -0.2) is 108 Å². The summed E-state index contributed by atoms with van der Waals surface area (Å²) in [5.41, 5.74) is 15.4. The normalized spacial score (nSPS) is 17.8. The summed E-state index contributed by atoms with van der Waals surface area (Å²) in [6.07, 6.45) is 22.4. The number of benzene rings is 6. The summed E-state index contributed by atoms with van der Waals surface area (Å²) in [6.45, 7) is 40.4. The first kappa shape index (κ1) is 106. The topological polar surface area (TPSA) is 342 Å². The Bertz CT molecular complexity index is 6450. The Morgan fingerprint density at radius 3 is 0.879 bits per heavy atom. The number of carbonyl (C=O) groups is 6. The molecule has 6 amide bonds. The second-order valence-electron chi connectivity index (χ2n) is 45.2. The van der Waals surface area contributed by atoms with E-state index in [0.29, 0.717) is 108 Å². The zero-order chi connectivity index (χ0) is 101. The zero-order valence-electron chi connectivity index (χ0n) is 85.7. The molecule has 6 aromatic carbocycles. The largest absolute Gasteiger partial charge is 0.389 e. The first-order chi connectivity index (χ1) is 66.2. The fourth-order valence-corrected chi connectivity index (χ4v) is 19.2. The van der Waals surface area contributed by atoms with Crippen molar-refractivity contribution in [2.45, 2.75) is 345 Å². The molecule has 3 unspecified atom stereocenters. The molecule has 6 atom stereocenters. The van der Waals surface area contributed by atoms with Crippen molar-refractivity contribution in [2.24, 2.45) is 51.2 Å². The Morgan fingerprint density at radius 1 is 0.379 bits per heavy atom. The third-order valence-electron chi connectivity index (χ3n) is 28.9. The molecule has 7 aliphatic carbocycles. The maximum Gasteiger partial charge on any atom is 0.230 e. The SMILES string of the molecule is CC(C)(C)CC(=O)Nc1nc2ccc(Cl)cc2n1C1CCC1.CC(C)[C@H](C)C(=O)Nc1nc2ccc(Cl)cc2n1C1CCC1.CC(O)c1ccc2nc(NC(=O)CC(C)(C)C)n(C3CCC3)c2c1.CC(O)c1ccc2nc(NC(=O)[C@@H](C)C(C)C)n(C3CCC3)c2c1.CC1(C)C[C@@H]1C(=O)Nc1nc2ccc(CI)cc2n1C1CCC1.CCC(O)c1ccc2nc(NC(=O)CC(C)(C)C)n(C3CCC3)c2c1. The summed E-state index contributed by atoms with van der Waals surface area (Å²) in [4.78, 5) is 102. The number of aliphatic hydroxyl groups is 3. The van der Waals surface area contributed by atoms with Crippen LogP contribution in [0.15, 0.2) is 109 Å². The predicted molar refractivity (Wildman–Crippen MR) is 574 cm³/mol. The van der Waals surface area contributed by atoms with Crippen LogP contribution in [0.4, 0.5) is 35.7 Å². The van der Waals surface area contributed by atoms with Gasteiger partial charge in [0.05, 0.1) is 84.5 Å². The number of aromatic nitrogens is 12. The zero-order valence-corrected chi connectivity index (χ0v) is 89.4. The predicted octanol–water partition coefficient (Wildman–Crippen LogP) is 26.9. The quantitative estimate of drug-likeness (QED) is 0.0190. The van der Waals surface area contributed by atoms with Crippen LogP contribution in [0.5, 0.6) is 0 Å². The van der Waals surface area contributed by atoms with Gasteiger partial charge in [0.2, 0.25) is 71.1 Å². The number of nitrogens with one attached hydrogen (secondary N) is 6. The molecule has 9 N–H and O–H groups in total. The van der Waals surface area contributed by atoms with Crippen molar-refractivity contribution >= 4 is 183 Å². The highest BCUT2D eigenvalue weighted by Gasteiger charge is 2.51. The van der Waals surface area contributed by atoms with Crippen molar-refractivity contribution in [3.05, 3.63) is 141 Å². The lowest BCUT2D eigenvalue weighted by molar-refractivity contribution is -0.121. The van der Waals surface area contributed by atoms with Gasteiger partial charge < -0.3 is 42.7 Å². The van der Waals surface area contributed by atoms with Crippen LogP contribution in [0.25, 0.3) is 66.2 Å². The first-order valence-electron chi connectivity index (χ1n) is 51.0. The minimum atomic E-state index is -0.516. The number of aliphatic hydroxyl groups excluding tert-OH is 3. The van der Waals surface area contributed by atoms with E-state index in [1.165, 1.54) is 56.9 Å². The van der Waals surface area contributed by atoms with Gasteiger partial charge in [-0.25, -0.2) is 29.9 Å². The highest BCUT2D eigenvalue weighted by atomic mass is 127. The molecule has 0 saturated heterocycles. The Kier molecular flexibility index (Phi) is 33.7. The molecule has 6 heterocycles. The molecule has 30 heteroatoms. The van der Waals surface area contributed by atoms with Crippen molar-refractivity contribution in [1.82, 2.24) is 57.3 Å². The van der Waals surface area contributed by atoms with Gasteiger partial charge in [-0.1, -0.05) is 195 Å². The maximum atomic E-state index is 12.5. The molecule has 27 nitrogen and oxygen atoms in total. The Labute approximate surface area is 848 Å². The van der Waals surface area contributed by atoms with Crippen LogP contribution in [0.1, 0.15) is 363 Å². The standard InChI is InChI=1S/C20H29N3O2.2C19H27N3O2.C18H22IN3O.2C17H22ClN3O/c1-5-17(24)13-9-10-15-16(11-13)23(14-7-6-8-14)19(21-15)22-18(25)12-20(2,3)4;1-12(23)13-8-9-15-16(10-13)22(14-6-5-7-14)18(20-15)21-17(24)11-19(2,3)4;1-11(2)12(3)18(24)21-19-20-16-9-8-14(13(4)23)10-17(16)22(19)15-6-5-7-15;1-18(2)9-13(18)16(23)21-17-20-14-7-6-11(10-19)8-15(14)22(17)12-4-3-5-12;1-17(2,3)10-15(22)20-16-19-13-8-7-11(18)9-14(13)21(16)12-5-4-6-12;1-10(2)11(3)16(22)20-17-19-14-8-7-12(18)9-15(14)21(17)13-5-4-6-13/h9-11,14,17,24H,5-8,12H2,1-4H3,(H,21,22,25);8-10,12,14,23H,5-7,11H2,1-4H3,(H,20,21,24);8-13,15,23H,5-7H2,1-4H3,(H,20,21,24);6-8,12-13H,3-5,9-10H2,1-2H3,(H,20,21,23);7-9,12H,4-6,10H2,1-3H3,(H,19,20,22);7-11,13H,4-6H2,1-3H3,(H,19,20,22)/t;;12-,13?;13-;;11-/m..01.0/s1. The fourth-order valence-electron chi connectivity index (χ4n) is 18.4. The molecule has 7 aliphatic rings. The minimum Gasteiger partial charge on any atom is -0.389 e. The summed E-state index contributed by atoms with van der Waals surface area (Å²) >= 11 is 14.7. The van der Waals surface area contributed by atoms with Gasteiger partial charge in [-0.2, -0.15) is 0 Å². The molecule has 754 valence electrons. The van der Waals surface area contributed by atoms with E-state index < -0.39 is 18.3 Å². The molecule has 7 fully saturated rings. The molecule has 0 spiro atoms. The van der Waals surface area contributed by atoms with Crippen molar-refractivity contribution in [3.8, 4) is 0 Å². The molecule has 0 radical (unpaired) electrons. The second kappa shape index (κ2) is 44.6. The summed E-state index contributed by atoms with van der Waals surface area (Å²) in [6, 6.07) is 37.7. The van der Waals surface area contributed by atoms with Crippen LogP contribution >= 0.6 is 45.8 Å². The number of nitrogens with zero attached hydrogens (tertiary/aromatic N) is 12. The molecule has 19 rings (SSSR count). The van der Waals surface area contributed by atoms with E-state index in [-0.39, 0.29) is 80.8 Å². The minimum absolute atomic E-state index is 0.00260. The number of carbonyl (C=O) groups excluding carboxylic acids is 6. The van der Waals surface area contributed by atoms with E-state index in [1.54, 1.807) is 13.8 Å². The second-order valence-corrected chi connectivity index (χ2v) is 46.9. The van der Waals surface area contributed by atoms with Crippen LogP contribution < -0.4 is 31.9 Å². The van der Waals surface area contributed by atoms with E-state index in [0.717, 1.165) is 164 Å². The summed E-state index contributed by atoms with van der Waals surface area (Å²) in [7, 11) is 0. The summed E-state index contributed by atoms with van der Waals surface area (Å²) in [5, 5.41) is 49.5.